The molecule has 0 radical (unpaired) electrons. The molecule has 8 nitrogen and oxygen atoms in total. The lowest BCUT2D eigenvalue weighted by atomic mass is 10.1. The van der Waals surface area contributed by atoms with E-state index in [-0.39, 0.29) is 22.6 Å². The molecule has 138 valence electrons. The molecule has 2 aromatic carbocycles. The Morgan fingerprint density at radius 3 is 2.70 bits per heavy atom. The lowest BCUT2D eigenvalue weighted by Crippen LogP contribution is -2.27. The Bertz CT molecular complexity index is 1400. The Kier molecular flexibility index (Phi) is 3.97. The molecule has 9 heteroatoms. The number of hydrogen-bond donors (Lipinski definition) is 3. The molecular formula is C18H15N3O5S. The van der Waals surface area contributed by atoms with E-state index in [0.717, 1.165) is 16.5 Å². The zero-order chi connectivity index (χ0) is 19.2. The molecule has 0 atom stereocenters. The summed E-state index contributed by atoms with van der Waals surface area (Å²) < 4.78 is 32.4. The molecule has 3 N–H and O–H groups in total. The van der Waals surface area contributed by atoms with E-state index in [1.54, 1.807) is 6.07 Å². The second-order valence-electron chi connectivity index (χ2n) is 6.16. The summed E-state index contributed by atoms with van der Waals surface area (Å²) in [5.74, 6) is -0.662. The van der Waals surface area contributed by atoms with E-state index in [9.17, 15) is 18.0 Å². The molecule has 4 aromatic rings. The molecular weight excluding hydrogens is 370 g/mol. The molecule has 0 unspecified atom stereocenters. The molecule has 0 aliphatic carbocycles. The number of aryl methyl sites for hydroxylation is 1. The number of sulfonamides is 1. The van der Waals surface area contributed by atoms with Gasteiger partial charge in [-0.2, -0.15) is 0 Å². The van der Waals surface area contributed by atoms with Crippen molar-refractivity contribution in [1.82, 2.24) is 14.7 Å². The highest BCUT2D eigenvalue weighted by Gasteiger charge is 2.17. The Labute approximate surface area is 152 Å². The Hall–Kier alpha value is -3.17. The second kappa shape index (κ2) is 6.22. The third-order valence-corrected chi connectivity index (χ3v) is 5.72. The van der Waals surface area contributed by atoms with E-state index in [4.69, 9.17) is 4.42 Å². The van der Waals surface area contributed by atoms with Gasteiger partial charge < -0.3 is 9.40 Å². The number of aromatic amines is 2. The van der Waals surface area contributed by atoms with Gasteiger partial charge in [0.25, 0.3) is 5.56 Å². The fourth-order valence-corrected chi connectivity index (χ4v) is 3.93. The van der Waals surface area contributed by atoms with Gasteiger partial charge in [0, 0.05) is 18.2 Å². The number of oxazole rings is 1. The monoisotopic (exact) mass is 385 g/mol. The van der Waals surface area contributed by atoms with Crippen LogP contribution in [0.15, 0.2) is 61.4 Å². The van der Waals surface area contributed by atoms with Gasteiger partial charge in [0.15, 0.2) is 5.58 Å². The lowest BCUT2D eigenvalue weighted by Gasteiger charge is -2.08. The molecule has 0 saturated heterocycles. The molecule has 0 bridgehead atoms. The number of hydrogen-bond acceptors (Lipinski definition) is 5. The minimum absolute atomic E-state index is 0.0641. The summed E-state index contributed by atoms with van der Waals surface area (Å²) in [5, 5.41) is 0.819. The molecule has 0 saturated carbocycles. The standard InChI is InChI=1S/C18H15N3O5S/c1-10-3-2-4-11-7-12(17(22)21-16(10)11)9-19-27(24,25)13-5-6-14-15(8-13)26-18(23)20-14/h2-8,19H,9H2,1H3,(H,20,23)(H,21,22). The van der Waals surface area contributed by atoms with Crippen molar-refractivity contribution in [2.24, 2.45) is 0 Å². The summed E-state index contributed by atoms with van der Waals surface area (Å²) in [6.45, 7) is 1.72. The van der Waals surface area contributed by atoms with Crippen LogP contribution in [0.3, 0.4) is 0 Å². The number of fused-ring (bicyclic) bond motifs is 2. The molecule has 27 heavy (non-hydrogen) atoms. The zero-order valence-corrected chi connectivity index (χ0v) is 15.0. The molecule has 0 aliphatic heterocycles. The highest BCUT2D eigenvalue weighted by Crippen LogP contribution is 2.18. The van der Waals surface area contributed by atoms with Gasteiger partial charge in [0.2, 0.25) is 10.0 Å². The third kappa shape index (κ3) is 3.18. The number of nitrogens with one attached hydrogen (secondary N) is 3. The maximum absolute atomic E-state index is 12.5. The normalized spacial score (nSPS) is 12.0. The van der Waals surface area contributed by atoms with Crippen LogP contribution in [-0.2, 0) is 16.6 Å². The van der Waals surface area contributed by atoms with Gasteiger partial charge in [0.1, 0.15) is 0 Å². The quantitative estimate of drug-likeness (QED) is 0.493. The Morgan fingerprint density at radius 2 is 1.89 bits per heavy atom. The van der Waals surface area contributed by atoms with E-state index in [1.807, 2.05) is 25.1 Å². The lowest BCUT2D eigenvalue weighted by molar-refractivity contribution is 0.553. The van der Waals surface area contributed by atoms with Crippen LogP contribution in [0.5, 0.6) is 0 Å². The van der Waals surface area contributed by atoms with E-state index >= 15 is 0 Å². The summed E-state index contributed by atoms with van der Waals surface area (Å²) in [5.41, 5.74) is 2.14. The minimum atomic E-state index is -3.90. The predicted octanol–water partition coefficient (Wildman–Crippen LogP) is 1.75. The van der Waals surface area contributed by atoms with Crippen LogP contribution < -0.4 is 16.0 Å². The van der Waals surface area contributed by atoms with Crippen molar-refractivity contribution >= 4 is 32.0 Å². The average molecular weight is 385 g/mol. The molecule has 2 aromatic heterocycles. The van der Waals surface area contributed by atoms with Crippen LogP contribution >= 0.6 is 0 Å². The summed E-state index contributed by atoms with van der Waals surface area (Å²) >= 11 is 0. The summed E-state index contributed by atoms with van der Waals surface area (Å²) in [7, 11) is -3.90. The van der Waals surface area contributed by atoms with Crippen molar-refractivity contribution in [2.45, 2.75) is 18.4 Å². The topological polar surface area (TPSA) is 125 Å². The number of aromatic nitrogens is 2. The van der Waals surface area contributed by atoms with Crippen LogP contribution in [0.2, 0.25) is 0 Å². The van der Waals surface area contributed by atoms with Crippen LogP contribution in [0.4, 0.5) is 0 Å². The molecule has 0 amide bonds. The maximum atomic E-state index is 12.5. The highest BCUT2D eigenvalue weighted by molar-refractivity contribution is 7.89. The first-order valence-corrected chi connectivity index (χ1v) is 9.56. The number of benzene rings is 2. The van der Waals surface area contributed by atoms with Crippen molar-refractivity contribution in [3.63, 3.8) is 0 Å². The minimum Gasteiger partial charge on any atom is -0.408 e. The summed E-state index contributed by atoms with van der Waals surface area (Å²) in [4.78, 5) is 28.6. The molecule has 0 fully saturated rings. The van der Waals surface area contributed by atoms with Gasteiger partial charge in [-0.1, -0.05) is 18.2 Å². The second-order valence-corrected chi connectivity index (χ2v) is 7.93. The first-order valence-electron chi connectivity index (χ1n) is 8.07. The fourth-order valence-electron chi connectivity index (χ4n) is 2.91. The SMILES string of the molecule is Cc1cccc2cc(CNS(=O)(=O)c3ccc4[nH]c(=O)oc4c3)c(=O)[nH]c12. The molecule has 4 rings (SSSR count). The number of H-pyrrole nitrogens is 2. The maximum Gasteiger partial charge on any atom is 0.417 e. The van der Waals surface area contributed by atoms with Gasteiger partial charge in [-0.25, -0.2) is 17.9 Å². The summed E-state index contributed by atoms with van der Waals surface area (Å²) in [6, 6.07) is 11.3. The largest absolute Gasteiger partial charge is 0.417 e. The number of rotatable bonds is 4. The fraction of sp³-hybridized carbons (Fsp3) is 0.111. The number of para-hydroxylation sites is 1. The zero-order valence-electron chi connectivity index (χ0n) is 14.2. The van der Waals surface area contributed by atoms with Crippen molar-refractivity contribution in [3.05, 3.63) is 74.5 Å². The predicted molar refractivity (Wildman–Crippen MR) is 100 cm³/mol. The average Bonchev–Trinajstić information content (AvgIpc) is 3.00. The first-order chi connectivity index (χ1) is 12.8. The molecule has 0 spiro atoms. The van der Waals surface area contributed by atoms with Gasteiger partial charge in [-0.05, 0) is 36.1 Å². The molecule has 2 heterocycles. The van der Waals surface area contributed by atoms with Gasteiger partial charge in [-0.15, -0.1) is 0 Å². The van der Waals surface area contributed by atoms with E-state index in [2.05, 4.69) is 14.7 Å². The first kappa shape index (κ1) is 17.3. The van der Waals surface area contributed by atoms with Crippen LogP contribution in [0.25, 0.3) is 22.0 Å². The van der Waals surface area contributed by atoms with Crippen molar-refractivity contribution in [2.75, 3.05) is 0 Å². The highest BCUT2D eigenvalue weighted by atomic mass is 32.2. The van der Waals surface area contributed by atoms with E-state index in [0.29, 0.717) is 11.1 Å². The van der Waals surface area contributed by atoms with Crippen molar-refractivity contribution < 1.29 is 12.8 Å². The van der Waals surface area contributed by atoms with Crippen LogP contribution in [-0.4, -0.2) is 18.4 Å². The van der Waals surface area contributed by atoms with Gasteiger partial charge >= 0.3 is 5.76 Å². The number of pyridine rings is 1. The van der Waals surface area contributed by atoms with E-state index in [1.165, 1.54) is 18.2 Å². The van der Waals surface area contributed by atoms with E-state index < -0.39 is 15.8 Å². The smallest absolute Gasteiger partial charge is 0.408 e. The van der Waals surface area contributed by atoms with Crippen molar-refractivity contribution in [3.8, 4) is 0 Å². The van der Waals surface area contributed by atoms with Crippen molar-refractivity contribution in [1.29, 1.82) is 0 Å². The Morgan fingerprint density at radius 1 is 1.07 bits per heavy atom. The van der Waals surface area contributed by atoms with Crippen LogP contribution in [0.1, 0.15) is 11.1 Å². The molecule has 0 aliphatic rings. The van der Waals surface area contributed by atoms with Gasteiger partial charge in [0.05, 0.1) is 15.9 Å². The third-order valence-electron chi connectivity index (χ3n) is 4.32. The van der Waals surface area contributed by atoms with Gasteiger partial charge in [-0.3, -0.25) is 9.78 Å². The summed E-state index contributed by atoms with van der Waals surface area (Å²) in [6.07, 6.45) is 0. The Balaban J connectivity index is 1.65. The van der Waals surface area contributed by atoms with Crippen LogP contribution in [0, 0.1) is 6.92 Å².